The van der Waals surface area contributed by atoms with Crippen LogP contribution >= 0.6 is 0 Å². The molecule has 2 aromatic rings. The fourth-order valence-corrected chi connectivity index (χ4v) is 2.06. The Bertz CT molecular complexity index is 648. The third-order valence-electron chi connectivity index (χ3n) is 3.24. The number of aryl methyl sites for hydroxylation is 1. The molecule has 0 fully saturated rings. The van der Waals surface area contributed by atoms with E-state index in [0.29, 0.717) is 11.4 Å². The summed E-state index contributed by atoms with van der Waals surface area (Å²) < 4.78 is 10.5. The molecule has 0 radical (unpaired) electrons. The molecule has 2 rings (SSSR count). The van der Waals surface area contributed by atoms with E-state index in [0.717, 1.165) is 12.0 Å². The van der Waals surface area contributed by atoms with Gasteiger partial charge in [0.15, 0.2) is 5.69 Å². The Morgan fingerprint density at radius 2 is 1.86 bits per heavy atom. The minimum absolute atomic E-state index is 0.187. The lowest BCUT2D eigenvalue weighted by atomic mass is 10.1. The highest BCUT2D eigenvalue weighted by molar-refractivity contribution is 5.88. The van der Waals surface area contributed by atoms with Crippen LogP contribution in [-0.2, 0) is 11.2 Å². The number of benzene rings is 1. The van der Waals surface area contributed by atoms with Crippen molar-refractivity contribution < 1.29 is 14.3 Å². The van der Waals surface area contributed by atoms with Crippen molar-refractivity contribution in [3.63, 3.8) is 0 Å². The third-order valence-corrected chi connectivity index (χ3v) is 3.24. The summed E-state index contributed by atoms with van der Waals surface area (Å²) in [5.74, 6) is 0.139. The van der Waals surface area contributed by atoms with Gasteiger partial charge in [-0.2, -0.15) is 0 Å². The van der Waals surface area contributed by atoms with E-state index in [1.54, 1.807) is 13.2 Å². The van der Waals surface area contributed by atoms with E-state index in [9.17, 15) is 4.79 Å². The molecule has 0 spiro atoms. The SMILES string of the molecule is CCc1ccc(-c2cc(OC)cc(C(=O)OC(C)C)n2)cc1. The van der Waals surface area contributed by atoms with Gasteiger partial charge >= 0.3 is 5.97 Å². The van der Waals surface area contributed by atoms with E-state index in [4.69, 9.17) is 9.47 Å². The average Bonchev–Trinajstić information content (AvgIpc) is 2.53. The number of aromatic nitrogens is 1. The number of methoxy groups -OCH3 is 1. The van der Waals surface area contributed by atoms with Crippen LogP contribution in [0.15, 0.2) is 36.4 Å². The molecule has 0 saturated heterocycles. The Morgan fingerprint density at radius 1 is 1.18 bits per heavy atom. The molecule has 1 aromatic heterocycles. The topological polar surface area (TPSA) is 48.4 Å². The lowest BCUT2D eigenvalue weighted by Crippen LogP contribution is -2.13. The number of hydrogen-bond acceptors (Lipinski definition) is 4. The van der Waals surface area contributed by atoms with Gasteiger partial charge in [0.05, 0.1) is 18.9 Å². The van der Waals surface area contributed by atoms with Crippen LogP contribution in [0.3, 0.4) is 0 Å². The van der Waals surface area contributed by atoms with Gasteiger partial charge in [0.25, 0.3) is 0 Å². The van der Waals surface area contributed by atoms with Gasteiger partial charge in [-0.05, 0) is 25.8 Å². The van der Waals surface area contributed by atoms with Gasteiger partial charge in [0, 0.05) is 17.7 Å². The fraction of sp³-hybridized carbons (Fsp3) is 0.333. The highest BCUT2D eigenvalue weighted by Gasteiger charge is 2.14. The number of hydrogen-bond donors (Lipinski definition) is 0. The Balaban J connectivity index is 2.40. The zero-order valence-corrected chi connectivity index (χ0v) is 13.4. The number of carbonyl (C=O) groups is 1. The standard InChI is InChI=1S/C18H21NO3/c1-5-13-6-8-14(9-7-13)16-10-15(21-4)11-17(19-16)18(20)22-12(2)3/h6-12H,5H2,1-4H3. The van der Waals surface area contributed by atoms with Crippen molar-refractivity contribution in [2.24, 2.45) is 0 Å². The van der Waals surface area contributed by atoms with Crippen molar-refractivity contribution >= 4 is 5.97 Å². The van der Waals surface area contributed by atoms with Crippen molar-refractivity contribution in [2.45, 2.75) is 33.3 Å². The smallest absolute Gasteiger partial charge is 0.357 e. The summed E-state index contributed by atoms with van der Waals surface area (Å²) >= 11 is 0. The fourth-order valence-electron chi connectivity index (χ4n) is 2.06. The number of esters is 1. The third kappa shape index (κ3) is 3.85. The molecular weight excluding hydrogens is 278 g/mol. The van der Waals surface area contributed by atoms with Crippen LogP contribution < -0.4 is 4.74 Å². The van der Waals surface area contributed by atoms with Crippen LogP contribution in [0.2, 0.25) is 0 Å². The zero-order valence-electron chi connectivity index (χ0n) is 13.4. The zero-order chi connectivity index (χ0) is 16.1. The van der Waals surface area contributed by atoms with Gasteiger partial charge < -0.3 is 9.47 Å². The molecule has 0 aliphatic carbocycles. The van der Waals surface area contributed by atoms with Gasteiger partial charge in [-0.3, -0.25) is 0 Å². The molecule has 0 aliphatic heterocycles. The summed E-state index contributed by atoms with van der Waals surface area (Å²) in [6.45, 7) is 5.73. The Labute approximate surface area is 131 Å². The molecule has 116 valence electrons. The number of ether oxygens (including phenoxy) is 2. The molecule has 0 unspecified atom stereocenters. The van der Waals surface area contributed by atoms with E-state index in [1.165, 1.54) is 5.56 Å². The molecule has 0 N–H and O–H groups in total. The number of nitrogens with zero attached hydrogens (tertiary/aromatic N) is 1. The first kappa shape index (κ1) is 16.0. The maximum Gasteiger partial charge on any atom is 0.357 e. The molecule has 0 bridgehead atoms. The molecule has 0 aliphatic rings. The van der Waals surface area contributed by atoms with Gasteiger partial charge in [0.2, 0.25) is 0 Å². The molecule has 0 amide bonds. The first-order chi connectivity index (χ1) is 10.5. The lowest BCUT2D eigenvalue weighted by molar-refractivity contribution is 0.0370. The van der Waals surface area contributed by atoms with Gasteiger partial charge in [-0.15, -0.1) is 0 Å². The molecule has 1 heterocycles. The predicted molar refractivity (Wildman–Crippen MR) is 86.2 cm³/mol. The highest BCUT2D eigenvalue weighted by Crippen LogP contribution is 2.24. The summed E-state index contributed by atoms with van der Waals surface area (Å²) in [5, 5.41) is 0. The monoisotopic (exact) mass is 299 g/mol. The molecular formula is C18H21NO3. The second-order valence-corrected chi connectivity index (χ2v) is 5.28. The quantitative estimate of drug-likeness (QED) is 0.786. The van der Waals surface area contributed by atoms with E-state index in [2.05, 4.69) is 24.0 Å². The largest absolute Gasteiger partial charge is 0.497 e. The average molecular weight is 299 g/mol. The summed E-state index contributed by atoms with van der Waals surface area (Å²) in [7, 11) is 1.57. The lowest BCUT2D eigenvalue weighted by Gasteiger charge is -2.10. The number of carbonyl (C=O) groups excluding carboxylic acids is 1. The van der Waals surface area contributed by atoms with Crippen LogP contribution in [0.1, 0.15) is 36.8 Å². The first-order valence-electron chi connectivity index (χ1n) is 7.39. The second-order valence-electron chi connectivity index (χ2n) is 5.28. The van der Waals surface area contributed by atoms with Crippen molar-refractivity contribution in [3.8, 4) is 17.0 Å². The molecule has 0 atom stereocenters. The highest BCUT2D eigenvalue weighted by atomic mass is 16.5. The normalized spacial score (nSPS) is 10.6. The van der Waals surface area contributed by atoms with Crippen LogP contribution in [0.4, 0.5) is 0 Å². The maximum absolute atomic E-state index is 12.1. The Kier molecular flexibility index (Phi) is 5.15. The number of pyridine rings is 1. The van der Waals surface area contributed by atoms with Crippen molar-refractivity contribution in [3.05, 3.63) is 47.7 Å². The van der Waals surface area contributed by atoms with Crippen molar-refractivity contribution in [1.82, 2.24) is 4.98 Å². The van der Waals surface area contributed by atoms with Gasteiger partial charge in [-0.1, -0.05) is 31.2 Å². The summed E-state index contributed by atoms with van der Waals surface area (Å²) in [5.41, 5.74) is 3.14. The van der Waals surface area contributed by atoms with Crippen LogP contribution in [-0.4, -0.2) is 24.2 Å². The summed E-state index contributed by atoms with van der Waals surface area (Å²) in [4.78, 5) is 16.5. The van der Waals surface area contributed by atoms with E-state index < -0.39 is 5.97 Å². The van der Waals surface area contributed by atoms with Crippen molar-refractivity contribution in [2.75, 3.05) is 7.11 Å². The Morgan fingerprint density at radius 3 is 2.41 bits per heavy atom. The minimum Gasteiger partial charge on any atom is -0.497 e. The van der Waals surface area contributed by atoms with Crippen LogP contribution in [0.25, 0.3) is 11.3 Å². The molecule has 1 aromatic carbocycles. The summed E-state index contributed by atoms with van der Waals surface area (Å²) in [6.07, 6.45) is 0.797. The Hall–Kier alpha value is -2.36. The van der Waals surface area contributed by atoms with Gasteiger partial charge in [-0.25, -0.2) is 9.78 Å². The molecule has 0 saturated carbocycles. The van der Waals surface area contributed by atoms with Crippen LogP contribution in [0, 0.1) is 0 Å². The molecule has 4 heteroatoms. The molecule has 4 nitrogen and oxygen atoms in total. The molecule has 22 heavy (non-hydrogen) atoms. The first-order valence-corrected chi connectivity index (χ1v) is 7.39. The van der Waals surface area contributed by atoms with E-state index >= 15 is 0 Å². The minimum atomic E-state index is -0.444. The summed E-state index contributed by atoms with van der Waals surface area (Å²) in [6, 6.07) is 11.5. The van der Waals surface area contributed by atoms with Crippen LogP contribution in [0.5, 0.6) is 5.75 Å². The predicted octanol–water partition coefficient (Wildman–Crippen LogP) is 3.88. The van der Waals surface area contributed by atoms with Gasteiger partial charge in [0.1, 0.15) is 5.75 Å². The maximum atomic E-state index is 12.1. The number of rotatable bonds is 5. The second kappa shape index (κ2) is 7.07. The van der Waals surface area contributed by atoms with E-state index in [1.807, 2.05) is 32.0 Å². The van der Waals surface area contributed by atoms with E-state index in [-0.39, 0.29) is 11.8 Å². The van der Waals surface area contributed by atoms with Crippen molar-refractivity contribution in [1.29, 1.82) is 0 Å².